The summed E-state index contributed by atoms with van der Waals surface area (Å²) < 4.78 is 13.4. The van der Waals surface area contributed by atoms with Crippen molar-refractivity contribution in [2.45, 2.75) is 32.7 Å². The van der Waals surface area contributed by atoms with Crippen LogP contribution in [0.3, 0.4) is 0 Å². The zero-order valence-electron chi connectivity index (χ0n) is 14.9. The Balaban J connectivity index is 0.00000312. The molecule has 0 aliphatic carbocycles. The lowest BCUT2D eigenvalue weighted by molar-refractivity contribution is 0.625. The van der Waals surface area contributed by atoms with Crippen molar-refractivity contribution >= 4 is 53.0 Å². The van der Waals surface area contributed by atoms with Gasteiger partial charge in [-0.05, 0) is 43.4 Å². The Bertz CT molecular complexity index is 719. The van der Waals surface area contributed by atoms with E-state index in [0.29, 0.717) is 13.1 Å². The van der Waals surface area contributed by atoms with E-state index in [1.165, 1.54) is 10.9 Å². The molecule has 1 aromatic heterocycles. The second kappa shape index (κ2) is 11.0. The van der Waals surface area contributed by atoms with Crippen LogP contribution in [0.25, 0.3) is 0 Å². The zero-order valence-corrected chi connectivity index (χ0v) is 18.8. The first kappa shape index (κ1) is 22.2. The molecule has 138 valence electrons. The monoisotopic (exact) mass is 494 g/mol. The largest absolute Gasteiger partial charge is 0.352 e. The van der Waals surface area contributed by atoms with Crippen molar-refractivity contribution < 1.29 is 4.39 Å². The Morgan fingerprint density at radius 3 is 2.56 bits per heavy atom. The number of nitrogens with one attached hydrogen (secondary N) is 2. The number of nitrogens with zero attached hydrogens (tertiary/aromatic N) is 2. The predicted molar refractivity (Wildman–Crippen MR) is 118 cm³/mol. The van der Waals surface area contributed by atoms with Gasteiger partial charge in [-0.25, -0.2) is 9.37 Å². The molecule has 0 atom stereocenters. The minimum absolute atomic E-state index is 0. The van der Waals surface area contributed by atoms with Gasteiger partial charge in [0.15, 0.2) is 5.96 Å². The predicted octanol–water partition coefficient (Wildman–Crippen LogP) is 4.25. The van der Waals surface area contributed by atoms with Crippen molar-refractivity contribution in [1.82, 2.24) is 15.6 Å². The summed E-state index contributed by atoms with van der Waals surface area (Å²) in [7, 11) is 1.74. The fraction of sp³-hybridized carbons (Fsp3) is 0.412. The number of guanidine groups is 1. The van der Waals surface area contributed by atoms with Crippen LogP contribution in [-0.4, -0.2) is 24.2 Å². The molecule has 0 fully saturated rings. The van der Waals surface area contributed by atoms with Crippen molar-refractivity contribution in [1.29, 1.82) is 0 Å². The third-order valence-corrected chi connectivity index (χ3v) is 5.23. The first-order valence-corrected chi connectivity index (χ1v) is 9.88. The molecule has 0 amide bonds. The number of benzene rings is 1. The maximum Gasteiger partial charge on any atom is 0.191 e. The molecular weight excluding hydrogens is 470 g/mol. The smallest absolute Gasteiger partial charge is 0.191 e. The van der Waals surface area contributed by atoms with Crippen LogP contribution in [0.4, 0.5) is 4.39 Å². The number of aromatic nitrogens is 1. The van der Waals surface area contributed by atoms with Gasteiger partial charge >= 0.3 is 0 Å². The lowest BCUT2D eigenvalue weighted by atomic mass is 10.1. The number of hydrogen-bond acceptors (Lipinski definition) is 4. The number of aliphatic imine (C=N–C) groups is 1. The molecule has 2 aromatic rings. The second-order valence-corrected chi connectivity index (χ2v) is 7.52. The summed E-state index contributed by atoms with van der Waals surface area (Å²) in [5.74, 6) is 1.32. The number of aryl methyl sites for hydroxylation is 2. The molecule has 0 aliphatic rings. The highest BCUT2D eigenvalue weighted by atomic mass is 127. The molecule has 0 unspecified atom stereocenters. The Kier molecular flexibility index (Phi) is 9.73. The third kappa shape index (κ3) is 6.74. The summed E-state index contributed by atoms with van der Waals surface area (Å²) >= 11 is 3.37. The van der Waals surface area contributed by atoms with Crippen molar-refractivity contribution in [3.63, 3.8) is 0 Å². The van der Waals surface area contributed by atoms with Gasteiger partial charge in [0.05, 0.1) is 17.2 Å². The normalized spacial score (nSPS) is 11.2. The van der Waals surface area contributed by atoms with Crippen LogP contribution in [0.2, 0.25) is 0 Å². The van der Waals surface area contributed by atoms with Gasteiger partial charge < -0.3 is 10.6 Å². The molecule has 25 heavy (non-hydrogen) atoms. The van der Waals surface area contributed by atoms with Crippen LogP contribution in [0, 0.1) is 19.7 Å². The fourth-order valence-electron chi connectivity index (χ4n) is 2.36. The Hall–Kier alpha value is -0.870. The van der Waals surface area contributed by atoms with E-state index in [9.17, 15) is 4.39 Å². The molecule has 0 spiro atoms. The van der Waals surface area contributed by atoms with Crippen LogP contribution < -0.4 is 10.6 Å². The molecule has 8 heteroatoms. The molecule has 0 aliphatic heterocycles. The highest BCUT2D eigenvalue weighted by molar-refractivity contribution is 14.0. The van der Waals surface area contributed by atoms with Crippen LogP contribution in [-0.2, 0) is 18.8 Å². The van der Waals surface area contributed by atoms with Crippen LogP contribution in [0.1, 0.15) is 26.7 Å². The quantitative estimate of drug-likeness (QED) is 0.358. The van der Waals surface area contributed by atoms with Crippen molar-refractivity contribution in [2.24, 2.45) is 4.99 Å². The molecule has 0 saturated carbocycles. The number of thiazole rings is 1. The fourth-order valence-corrected chi connectivity index (χ4v) is 3.81. The van der Waals surface area contributed by atoms with E-state index in [2.05, 4.69) is 20.6 Å². The summed E-state index contributed by atoms with van der Waals surface area (Å²) in [5.41, 5.74) is 3.15. The second-order valence-electron chi connectivity index (χ2n) is 5.37. The van der Waals surface area contributed by atoms with Crippen LogP contribution >= 0.6 is 47.1 Å². The Morgan fingerprint density at radius 2 is 1.96 bits per heavy atom. The molecule has 1 aromatic carbocycles. The third-order valence-electron chi connectivity index (χ3n) is 3.55. The summed E-state index contributed by atoms with van der Waals surface area (Å²) in [5, 5.41) is 7.66. The lowest BCUT2D eigenvalue weighted by Crippen LogP contribution is -2.36. The van der Waals surface area contributed by atoms with E-state index in [1.54, 1.807) is 36.2 Å². The summed E-state index contributed by atoms with van der Waals surface area (Å²) in [4.78, 5) is 9.88. The molecular formula is C17H24FIN4S2. The SMILES string of the molecule is CN=C(NCc1ccc(F)cc1CSC)NCc1sc(C)nc1C.I. The van der Waals surface area contributed by atoms with Crippen molar-refractivity contribution in [2.75, 3.05) is 13.3 Å². The summed E-state index contributed by atoms with van der Waals surface area (Å²) in [6.45, 7) is 5.33. The number of halogens is 2. The first-order chi connectivity index (χ1) is 11.5. The Morgan fingerprint density at radius 1 is 1.24 bits per heavy atom. The molecule has 0 radical (unpaired) electrons. The van der Waals surface area contributed by atoms with Gasteiger partial charge in [-0.2, -0.15) is 11.8 Å². The average molecular weight is 494 g/mol. The first-order valence-electron chi connectivity index (χ1n) is 7.67. The standard InChI is InChI=1S/C17H23FN4S2.HI/c1-11-16(24-12(2)22-11)9-21-17(19-3)20-8-13-5-6-15(18)7-14(13)10-23-4;/h5-7H,8-10H2,1-4H3,(H2,19,20,21);1H. The highest BCUT2D eigenvalue weighted by Crippen LogP contribution is 2.17. The van der Waals surface area contributed by atoms with Crippen LogP contribution in [0.15, 0.2) is 23.2 Å². The average Bonchev–Trinajstić information content (AvgIpc) is 2.87. The number of hydrogen-bond donors (Lipinski definition) is 2. The minimum atomic E-state index is -0.193. The lowest BCUT2D eigenvalue weighted by Gasteiger charge is -2.14. The highest BCUT2D eigenvalue weighted by Gasteiger charge is 2.08. The van der Waals surface area contributed by atoms with Gasteiger partial charge in [0.1, 0.15) is 5.82 Å². The van der Waals surface area contributed by atoms with Gasteiger partial charge in [-0.3, -0.25) is 4.99 Å². The number of thioether (sulfide) groups is 1. The zero-order chi connectivity index (χ0) is 17.5. The van der Waals surface area contributed by atoms with E-state index < -0.39 is 0 Å². The maximum atomic E-state index is 13.4. The molecule has 2 N–H and O–H groups in total. The molecule has 0 saturated heterocycles. The molecule has 0 bridgehead atoms. The van der Waals surface area contributed by atoms with E-state index >= 15 is 0 Å². The topological polar surface area (TPSA) is 49.3 Å². The van der Waals surface area contributed by atoms with Gasteiger partial charge in [0, 0.05) is 24.2 Å². The van der Waals surface area contributed by atoms with Gasteiger partial charge in [-0.15, -0.1) is 35.3 Å². The van der Waals surface area contributed by atoms with Crippen molar-refractivity contribution in [3.05, 3.63) is 50.7 Å². The van der Waals surface area contributed by atoms with Crippen molar-refractivity contribution in [3.8, 4) is 0 Å². The van der Waals surface area contributed by atoms with E-state index in [1.807, 2.05) is 26.2 Å². The van der Waals surface area contributed by atoms with E-state index in [4.69, 9.17) is 0 Å². The van der Waals surface area contributed by atoms with Gasteiger partial charge in [-0.1, -0.05) is 6.07 Å². The van der Waals surface area contributed by atoms with E-state index in [-0.39, 0.29) is 29.8 Å². The summed E-state index contributed by atoms with van der Waals surface area (Å²) in [6, 6.07) is 4.94. The summed E-state index contributed by atoms with van der Waals surface area (Å²) in [6.07, 6.45) is 2.02. The minimum Gasteiger partial charge on any atom is -0.352 e. The van der Waals surface area contributed by atoms with E-state index in [0.717, 1.165) is 33.5 Å². The maximum absolute atomic E-state index is 13.4. The molecule has 4 nitrogen and oxygen atoms in total. The van der Waals surface area contributed by atoms with Crippen LogP contribution in [0.5, 0.6) is 0 Å². The Labute approximate surface area is 174 Å². The molecule has 1 heterocycles. The number of rotatable bonds is 6. The molecule has 2 rings (SSSR count). The van der Waals surface area contributed by atoms with Gasteiger partial charge in [0.2, 0.25) is 0 Å². The van der Waals surface area contributed by atoms with Gasteiger partial charge in [0.25, 0.3) is 0 Å².